The molecule has 0 aliphatic rings. The van der Waals surface area contributed by atoms with Gasteiger partial charge in [0.25, 0.3) is 0 Å². The number of para-hydroxylation sites is 3. The van der Waals surface area contributed by atoms with Gasteiger partial charge in [0.2, 0.25) is 0 Å². The van der Waals surface area contributed by atoms with Crippen molar-refractivity contribution in [3.8, 4) is 56.7 Å². The third kappa shape index (κ3) is 5.62. The van der Waals surface area contributed by atoms with E-state index in [1.54, 1.807) is 0 Å². The number of benzene rings is 9. The molecule has 0 saturated heterocycles. The Labute approximate surface area is 361 Å². The van der Waals surface area contributed by atoms with Crippen LogP contribution in [0.5, 0.6) is 0 Å². The summed E-state index contributed by atoms with van der Waals surface area (Å²) in [5, 5.41) is 6.85. The fourth-order valence-electron chi connectivity index (χ4n) is 9.50. The Morgan fingerprint density at radius 2 is 0.841 bits per heavy atom. The second-order valence-corrected chi connectivity index (χ2v) is 16.0. The lowest BCUT2D eigenvalue weighted by Gasteiger charge is -2.11. The van der Waals surface area contributed by atoms with E-state index in [0.717, 1.165) is 66.6 Å². The van der Waals surface area contributed by atoms with E-state index in [2.05, 4.69) is 149 Å². The molecule has 6 heteroatoms. The highest BCUT2D eigenvalue weighted by atomic mass is 16.3. The number of fused-ring (bicyclic) bond motifs is 9. The van der Waals surface area contributed by atoms with Gasteiger partial charge in [-0.1, -0.05) is 146 Å². The van der Waals surface area contributed by atoms with E-state index in [1.165, 1.54) is 38.1 Å². The number of furan rings is 1. The van der Waals surface area contributed by atoms with E-state index in [4.69, 9.17) is 19.4 Å². The molecule has 0 aliphatic carbocycles. The van der Waals surface area contributed by atoms with Crippen LogP contribution in [-0.4, -0.2) is 24.1 Å². The zero-order valence-corrected chi connectivity index (χ0v) is 33.9. The number of aromatic nitrogens is 5. The Kier molecular flexibility index (Phi) is 7.80. The molecule has 0 fully saturated rings. The molecule has 13 aromatic rings. The molecule has 0 radical (unpaired) electrons. The maximum absolute atomic E-state index is 6.67. The van der Waals surface area contributed by atoms with Gasteiger partial charge in [-0.15, -0.1) is 0 Å². The van der Waals surface area contributed by atoms with Crippen LogP contribution in [0.25, 0.3) is 122 Å². The van der Waals surface area contributed by atoms with Gasteiger partial charge in [-0.2, -0.15) is 0 Å². The van der Waals surface area contributed by atoms with E-state index in [1.807, 2.05) is 72.8 Å². The van der Waals surface area contributed by atoms with Crippen LogP contribution in [0.1, 0.15) is 0 Å². The Balaban J connectivity index is 0.957. The number of rotatable bonds is 6. The first-order valence-electron chi connectivity index (χ1n) is 21.2. The van der Waals surface area contributed by atoms with E-state index in [9.17, 15) is 0 Å². The molecular formula is C57H35N5O. The van der Waals surface area contributed by atoms with E-state index >= 15 is 0 Å². The lowest BCUT2D eigenvalue weighted by Crippen LogP contribution is -2.00. The van der Waals surface area contributed by atoms with Crippen LogP contribution in [-0.2, 0) is 0 Å². The summed E-state index contributed by atoms with van der Waals surface area (Å²) in [5.74, 6) is 1.84. The second kappa shape index (κ2) is 14.0. The Morgan fingerprint density at radius 3 is 1.54 bits per heavy atom. The summed E-state index contributed by atoms with van der Waals surface area (Å²) in [5.41, 5.74) is 13.5. The molecule has 294 valence electrons. The first kappa shape index (κ1) is 35.2. The lowest BCUT2D eigenvalue weighted by atomic mass is 10.0. The Morgan fingerprint density at radius 1 is 0.302 bits per heavy atom. The van der Waals surface area contributed by atoms with Crippen molar-refractivity contribution in [1.82, 2.24) is 24.1 Å². The topological polar surface area (TPSA) is 61.7 Å². The summed E-state index contributed by atoms with van der Waals surface area (Å²) in [4.78, 5) is 15.0. The number of hydrogen-bond donors (Lipinski definition) is 0. The largest absolute Gasteiger partial charge is 0.456 e. The van der Waals surface area contributed by atoms with Crippen LogP contribution in [0.3, 0.4) is 0 Å². The maximum atomic E-state index is 6.67. The van der Waals surface area contributed by atoms with Gasteiger partial charge < -0.3 is 13.6 Å². The molecule has 13 rings (SSSR count). The highest BCUT2D eigenvalue weighted by molar-refractivity contribution is 6.14. The van der Waals surface area contributed by atoms with Crippen molar-refractivity contribution in [2.75, 3.05) is 0 Å². The maximum Gasteiger partial charge on any atom is 0.164 e. The number of nitrogens with zero attached hydrogens (tertiary/aromatic N) is 5. The van der Waals surface area contributed by atoms with Crippen molar-refractivity contribution < 1.29 is 4.42 Å². The molecule has 0 unspecified atom stereocenters. The van der Waals surface area contributed by atoms with Gasteiger partial charge >= 0.3 is 0 Å². The molecule has 0 amide bonds. The van der Waals surface area contributed by atoms with Crippen molar-refractivity contribution in [1.29, 1.82) is 0 Å². The van der Waals surface area contributed by atoms with Crippen LogP contribution in [0.4, 0.5) is 0 Å². The minimum Gasteiger partial charge on any atom is -0.456 e. The van der Waals surface area contributed by atoms with E-state index in [0.29, 0.717) is 17.5 Å². The highest BCUT2D eigenvalue weighted by Crippen LogP contribution is 2.41. The molecule has 6 nitrogen and oxygen atoms in total. The summed E-state index contributed by atoms with van der Waals surface area (Å²) < 4.78 is 11.4. The van der Waals surface area contributed by atoms with Crippen LogP contribution < -0.4 is 0 Å². The minimum atomic E-state index is 0.598. The molecule has 0 atom stereocenters. The summed E-state index contributed by atoms with van der Waals surface area (Å²) in [6.07, 6.45) is 0. The fourth-order valence-corrected chi connectivity index (χ4v) is 9.50. The van der Waals surface area contributed by atoms with Crippen molar-refractivity contribution in [2.45, 2.75) is 0 Å². The zero-order chi connectivity index (χ0) is 41.4. The van der Waals surface area contributed by atoms with Crippen molar-refractivity contribution in [2.24, 2.45) is 0 Å². The summed E-state index contributed by atoms with van der Waals surface area (Å²) in [6.45, 7) is 0. The van der Waals surface area contributed by atoms with Crippen molar-refractivity contribution >= 4 is 65.6 Å². The van der Waals surface area contributed by atoms with E-state index in [-0.39, 0.29) is 0 Å². The van der Waals surface area contributed by atoms with Crippen LogP contribution in [0.15, 0.2) is 217 Å². The fraction of sp³-hybridized carbons (Fsp3) is 0. The third-order valence-electron chi connectivity index (χ3n) is 12.4. The SMILES string of the molecule is c1ccc(-c2nc(-c3ccccc3)nc(-c3cccc4oc5cc(-c6ccc7c8ccccc8n(-c8ccc9c(c8)c8ccccc8n9-c8ccccc8)c7c6)ccc5c34)n2)cc1. The molecular weight excluding hydrogens is 771 g/mol. The predicted molar refractivity (Wildman–Crippen MR) is 258 cm³/mol. The molecule has 0 bridgehead atoms. The monoisotopic (exact) mass is 805 g/mol. The quantitative estimate of drug-likeness (QED) is 0.168. The number of hydrogen-bond acceptors (Lipinski definition) is 4. The molecule has 0 spiro atoms. The molecule has 4 heterocycles. The third-order valence-corrected chi connectivity index (χ3v) is 12.4. The summed E-state index contributed by atoms with van der Waals surface area (Å²) in [7, 11) is 0. The highest BCUT2D eigenvalue weighted by Gasteiger charge is 2.20. The van der Waals surface area contributed by atoms with Gasteiger partial charge in [0.05, 0.1) is 22.1 Å². The van der Waals surface area contributed by atoms with Gasteiger partial charge in [0.1, 0.15) is 11.2 Å². The Hall–Kier alpha value is -8.61. The average molecular weight is 806 g/mol. The minimum absolute atomic E-state index is 0.598. The van der Waals surface area contributed by atoms with Crippen LogP contribution in [0.2, 0.25) is 0 Å². The van der Waals surface area contributed by atoms with Crippen LogP contribution in [0, 0.1) is 0 Å². The molecule has 0 aliphatic heterocycles. The zero-order valence-electron chi connectivity index (χ0n) is 33.9. The molecule has 4 aromatic heterocycles. The van der Waals surface area contributed by atoms with Crippen LogP contribution >= 0.6 is 0 Å². The van der Waals surface area contributed by atoms with Gasteiger partial charge in [0, 0.05) is 60.4 Å². The Bertz CT molecular complexity index is 3850. The normalized spacial score (nSPS) is 11.8. The lowest BCUT2D eigenvalue weighted by molar-refractivity contribution is 0.669. The smallest absolute Gasteiger partial charge is 0.164 e. The molecule has 0 saturated carbocycles. The molecule has 0 N–H and O–H groups in total. The summed E-state index contributed by atoms with van der Waals surface area (Å²) in [6, 6.07) is 74.5. The average Bonchev–Trinajstić information content (AvgIpc) is 4.01. The first-order chi connectivity index (χ1) is 31.2. The predicted octanol–water partition coefficient (Wildman–Crippen LogP) is 14.6. The van der Waals surface area contributed by atoms with Gasteiger partial charge in [-0.25, -0.2) is 15.0 Å². The first-order valence-corrected chi connectivity index (χ1v) is 21.2. The van der Waals surface area contributed by atoms with Gasteiger partial charge in [0.15, 0.2) is 17.5 Å². The molecule has 63 heavy (non-hydrogen) atoms. The molecule has 9 aromatic carbocycles. The standard InChI is InChI=1S/C57H35N5O/c1-4-15-36(16-5-1)55-58-56(37-17-6-2-7-18-37)60-57(59-55)46-23-14-26-52-54(46)45-31-28-39(34-53(45)63-52)38-27-30-44-42-21-10-12-24-48(42)62(51(44)33-38)41-29-32-50-47(35-41)43-22-11-13-25-49(43)61(50)40-19-8-3-9-20-40/h1-35H. The van der Waals surface area contributed by atoms with E-state index < -0.39 is 0 Å². The van der Waals surface area contributed by atoms with Crippen molar-refractivity contribution in [3.05, 3.63) is 212 Å². The van der Waals surface area contributed by atoms with Crippen molar-refractivity contribution in [3.63, 3.8) is 0 Å². The summed E-state index contributed by atoms with van der Waals surface area (Å²) >= 11 is 0. The van der Waals surface area contributed by atoms with Gasteiger partial charge in [-0.3, -0.25) is 0 Å². The van der Waals surface area contributed by atoms with Gasteiger partial charge in [-0.05, 0) is 77.9 Å². The second-order valence-electron chi connectivity index (χ2n) is 16.0.